The molecule has 1 aromatic carbocycles. The van der Waals surface area contributed by atoms with Gasteiger partial charge >= 0.3 is 6.09 Å². The van der Waals surface area contributed by atoms with Gasteiger partial charge in [0.05, 0.1) is 12.6 Å². The van der Waals surface area contributed by atoms with Crippen molar-refractivity contribution in [3.8, 4) is 11.5 Å². The van der Waals surface area contributed by atoms with E-state index < -0.39 is 29.6 Å². The molecule has 3 rings (SSSR count). The number of hydrogen-bond acceptors (Lipinski definition) is 6. The molecule has 1 fully saturated rings. The molecule has 2 atom stereocenters. The van der Waals surface area contributed by atoms with Crippen LogP contribution in [0.15, 0.2) is 18.2 Å². The number of benzene rings is 1. The maximum atomic E-state index is 12.7. The Bertz CT molecular complexity index is 681. The standard InChI is InChI=1S/C19H27NO6/c1-18(2,3)26-17(22)20-13(11-25-19(20,4)5)16(21)12-6-7-14-15(10-12)24-9-8-23-14/h6-7,10,13,16,21H,8-9,11H2,1-5H3/t13-,16-/m1/s1. The first-order chi connectivity index (χ1) is 12.1. The topological polar surface area (TPSA) is 77.5 Å². The van der Waals surface area contributed by atoms with Gasteiger partial charge in [-0.3, -0.25) is 4.90 Å². The first-order valence-corrected chi connectivity index (χ1v) is 8.82. The highest BCUT2D eigenvalue weighted by molar-refractivity contribution is 5.70. The monoisotopic (exact) mass is 365 g/mol. The number of nitrogens with zero attached hydrogens (tertiary/aromatic N) is 1. The summed E-state index contributed by atoms with van der Waals surface area (Å²) in [4.78, 5) is 14.2. The number of rotatable bonds is 2. The van der Waals surface area contributed by atoms with Gasteiger partial charge in [-0.1, -0.05) is 6.07 Å². The van der Waals surface area contributed by atoms with E-state index in [4.69, 9.17) is 18.9 Å². The molecule has 0 unspecified atom stereocenters. The molecule has 2 heterocycles. The van der Waals surface area contributed by atoms with Crippen LogP contribution in [0.1, 0.15) is 46.3 Å². The zero-order chi connectivity index (χ0) is 19.1. The summed E-state index contributed by atoms with van der Waals surface area (Å²) < 4.78 is 22.4. The summed E-state index contributed by atoms with van der Waals surface area (Å²) in [6.45, 7) is 10.2. The van der Waals surface area contributed by atoms with Gasteiger partial charge in [0, 0.05) is 0 Å². The summed E-state index contributed by atoms with van der Waals surface area (Å²) in [5.41, 5.74) is -0.876. The number of aliphatic hydroxyl groups excluding tert-OH is 1. The van der Waals surface area contributed by atoms with Gasteiger partial charge in [-0.2, -0.15) is 0 Å². The van der Waals surface area contributed by atoms with Crippen molar-refractivity contribution in [2.75, 3.05) is 19.8 Å². The second-order valence-corrected chi connectivity index (χ2v) is 8.02. The SMILES string of the molecule is CC(C)(C)OC(=O)N1[C@@H]([C@H](O)c2ccc3c(c2)OCCO3)COC1(C)C. The van der Waals surface area contributed by atoms with Crippen LogP contribution in [0.2, 0.25) is 0 Å². The highest BCUT2D eigenvalue weighted by Gasteiger charge is 2.48. The molecule has 2 aliphatic rings. The zero-order valence-corrected chi connectivity index (χ0v) is 15.9. The normalized spacial score (nSPS) is 22.8. The van der Waals surface area contributed by atoms with Gasteiger partial charge < -0.3 is 24.1 Å². The average Bonchev–Trinajstić information content (AvgIpc) is 2.87. The van der Waals surface area contributed by atoms with Gasteiger partial charge in [0.15, 0.2) is 11.5 Å². The number of amides is 1. The Hall–Kier alpha value is -1.99. The van der Waals surface area contributed by atoms with Crippen molar-refractivity contribution < 1.29 is 28.8 Å². The Balaban J connectivity index is 1.85. The van der Waals surface area contributed by atoms with E-state index in [0.29, 0.717) is 30.3 Å². The molecular weight excluding hydrogens is 338 g/mol. The Morgan fingerprint density at radius 3 is 2.58 bits per heavy atom. The Kier molecular flexibility index (Phi) is 4.79. The lowest BCUT2D eigenvalue weighted by Crippen LogP contribution is -2.51. The summed E-state index contributed by atoms with van der Waals surface area (Å²) in [6.07, 6.45) is -1.46. The second-order valence-electron chi connectivity index (χ2n) is 8.02. The molecule has 144 valence electrons. The lowest BCUT2D eigenvalue weighted by atomic mass is 10.0. The minimum Gasteiger partial charge on any atom is -0.486 e. The predicted octanol–water partition coefficient (Wildman–Crippen LogP) is 2.86. The van der Waals surface area contributed by atoms with Crippen LogP contribution in [0, 0.1) is 0 Å². The van der Waals surface area contributed by atoms with E-state index in [0.717, 1.165) is 0 Å². The highest BCUT2D eigenvalue weighted by atomic mass is 16.6. The van der Waals surface area contributed by atoms with E-state index in [1.54, 1.807) is 52.8 Å². The summed E-state index contributed by atoms with van der Waals surface area (Å²) in [5.74, 6) is 1.24. The predicted molar refractivity (Wildman–Crippen MR) is 94.3 cm³/mol. The molecule has 0 bridgehead atoms. The third-order valence-electron chi connectivity index (χ3n) is 4.38. The Labute approximate surface area is 153 Å². The lowest BCUT2D eigenvalue weighted by Gasteiger charge is -2.36. The number of carbonyl (C=O) groups excluding carboxylic acids is 1. The van der Waals surface area contributed by atoms with Crippen molar-refractivity contribution in [1.82, 2.24) is 4.90 Å². The minimum absolute atomic E-state index is 0.210. The van der Waals surface area contributed by atoms with Crippen LogP contribution in [-0.2, 0) is 9.47 Å². The fourth-order valence-electron chi connectivity index (χ4n) is 3.20. The summed E-state index contributed by atoms with van der Waals surface area (Å²) in [6, 6.07) is 4.72. The maximum absolute atomic E-state index is 12.7. The van der Waals surface area contributed by atoms with Crippen molar-refractivity contribution >= 4 is 6.09 Å². The molecule has 1 saturated heterocycles. The van der Waals surface area contributed by atoms with Crippen LogP contribution in [0.5, 0.6) is 11.5 Å². The Morgan fingerprint density at radius 1 is 1.27 bits per heavy atom. The van der Waals surface area contributed by atoms with Gasteiger partial charge in [0.25, 0.3) is 0 Å². The van der Waals surface area contributed by atoms with E-state index in [9.17, 15) is 9.90 Å². The van der Waals surface area contributed by atoms with Crippen LogP contribution in [-0.4, -0.2) is 53.3 Å². The molecule has 7 nitrogen and oxygen atoms in total. The molecular formula is C19H27NO6. The maximum Gasteiger partial charge on any atom is 0.413 e. The third kappa shape index (κ3) is 3.73. The summed E-state index contributed by atoms with van der Waals surface area (Å²) in [5, 5.41) is 10.9. The molecule has 7 heteroatoms. The van der Waals surface area contributed by atoms with Crippen LogP contribution in [0.4, 0.5) is 4.79 Å². The van der Waals surface area contributed by atoms with Gasteiger partial charge in [-0.05, 0) is 52.3 Å². The van der Waals surface area contributed by atoms with E-state index in [2.05, 4.69) is 0 Å². The molecule has 0 saturated carbocycles. The number of ether oxygens (including phenoxy) is 4. The number of aliphatic hydroxyl groups is 1. The smallest absolute Gasteiger partial charge is 0.413 e. The van der Waals surface area contributed by atoms with Gasteiger partial charge in [0.1, 0.15) is 30.6 Å². The van der Waals surface area contributed by atoms with Gasteiger partial charge in [-0.25, -0.2) is 4.79 Å². The molecule has 0 radical (unpaired) electrons. The molecule has 1 N–H and O–H groups in total. The number of fused-ring (bicyclic) bond motifs is 1. The molecule has 0 spiro atoms. The molecule has 0 aromatic heterocycles. The second kappa shape index (κ2) is 6.63. The molecule has 26 heavy (non-hydrogen) atoms. The quantitative estimate of drug-likeness (QED) is 0.868. The van der Waals surface area contributed by atoms with E-state index >= 15 is 0 Å². The van der Waals surface area contributed by atoms with Crippen molar-refractivity contribution in [2.24, 2.45) is 0 Å². The summed E-state index contributed by atoms with van der Waals surface area (Å²) in [7, 11) is 0. The average molecular weight is 365 g/mol. The van der Waals surface area contributed by atoms with Crippen molar-refractivity contribution in [3.63, 3.8) is 0 Å². The van der Waals surface area contributed by atoms with E-state index in [1.165, 1.54) is 4.90 Å². The first-order valence-electron chi connectivity index (χ1n) is 8.82. The fraction of sp³-hybridized carbons (Fsp3) is 0.632. The number of hydrogen-bond donors (Lipinski definition) is 1. The Morgan fingerprint density at radius 2 is 1.92 bits per heavy atom. The van der Waals surface area contributed by atoms with Crippen LogP contribution in [0.25, 0.3) is 0 Å². The largest absolute Gasteiger partial charge is 0.486 e. The summed E-state index contributed by atoms with van der Waals surface area (Å²) >= 11 is 0. The lowest BCUT2D eigenvalue weighted by molar-refractivity contribution is -0.0679. The molecule has 1 aromatic rings. The van der Waals surface area contributed by atoms with Crippen molar-refractivity contribution in [1.29, 1.82) is 0 Å². The molecule has 0 aliphatic carbocycles. The first kappa shape index (κ1) is 18.8. The van der Waals surface area contributed by atoms with E-state index in [-0.39, 0.29) is 6.61 Å². The van der Waals surface area contributed by atoms with Gasteiger partial charge in [-0.15, -0.1) is 0 Å². The number of carbonyl (C=O) groups is 1. The molecule has 1 amide bonds. The highest BCUT2D eigenvalue weighted by Crippen LogP contribution is 2.38. The zero-order valence-electron chi connectivity index (χ0n) is 15.9. The van der Waals surface area contributed by atoms with E-state index in [1.807, 2.05) is 0 Å². The van der Waals surface area contributed by atoms with Crippen molar-refractivity contribution in [3.05, 3.63) is 23.8 Å². The van der Waals surface area contributed by atoms with Crippen LogP contribution >= 0.6 is 0 Å². The van der Waals surface area contributed by atoms with Crippen LogP contribution < -0.4 is 9.47 Å². The third-order valence-corrected chi connectivity index (χ3v) is 4.38. The van der Waals surface area contributed by atoms with Gasteiger partial charge in [0.2, 0.25) is 0 Å². The van der Waals surface area contributed by atoms with Crippen molar-refractivity contribution in [2.45, 2.75) is 58.1 Å². The minimum atomic E-state index is -0.944. The molecule has 2 aliphatic heterocycles. The fourth-order valence-corrected chi connectivity index (χ4v) is 3.20. The van der Waals surface area contributed by atoms with Crippen LogP contribution in [0.3, 0.4) is 0 Å².